The molecule has 2 aromatic carbocycles. The van der Waals surface area contributed by atoms with Crippen molar-refractivity contribution in [2.24, 2.45) is 0 Å². The van der Waals surface area contributed by atoms with Gasteiger partial charge in [-0.2, -0.15) is 0 Å². The van der Waals surface area contributed by atoms with E-state index < -0.39 is 17.9 Å². The second-order valence-corrected chi connectivity index (χ2v) is 8.06. The number of carbonyl (C=O) groups is 2. The number of fused-ring (bicyclic) bond motifs is 1. The minimum Gasteiger partial charge on any atom is -0.463 e. The molecule has 34 heavy (non-hydrogen) atoms. The molecule has 1 aromatic heterocycles. The fourth-order valence-electron chi connectivity index (χ4n) is 4.52. The standard InChI is InChI=1S/C27H29N3O4/c1-5-33-26(31)23-18(3)30(17-29-16-28-21-14-10-11-15-22(21)29)19(4)24(27(32)34-6-2)25(23)20-12-8-7-9-13-20/h7-16,25H,5-6,17H2,1-4H3. The Labute approximate surface area is 199 Å². The second kappa shape index (κ2) is 9.95. The van der Waals surface area contributed by atoms with Crippen molar-refractivity contribution >= 4 is 23.0 Å². The van der Waals surface area contributed by atoms with E-state index in [1.807, 2.05) is 77.9 Å². The van der Waals surface area contributed by atoms with Gasteiger partial charge >= 0.3 is 11.9 Å². The number of imidazole rings is 1. The summed E-state index contributed by atoms with van der Waals surface area (Å²) in [5, 5.41) is 0. The van der Waals surface area contributed by atoms with Crippen molar-refractivity contribution in [3.8, 4) is 0 Å². The van der Waals surface area contributed by atoms with E-state index in [9.17, 15) is 9.59 Å². The van der Waals surface area contributed by atoms with Crippen LogP contribution in [0.5, 0.6) is 0 Å². The molecule has 7 heteroatoms. The maximum absolute atomic E-state index is 13.3. The first kappa shape index (κ1) is 23.3. The van der Waals surface area contributed by atoms with E-state index in [1.165, 1.54) is 0 Å². The zero-order valence-corrected chi connectivity index (χ0v) is 19.9. The van der Waals surface area contributed by atoms with Crippen molar-refractivity contribution < 1.29 is 19.1 Å². The van der Waals surface area contributed by atoms with Crippen LogP contribution in [0.2, 0.25) is 0 Å². The molecule has 7 nitrogen and oxygen atoms in total. The molecule has 3 aromatic rings. The van der Waals surface area contributed by atoms with Gasteiger partial charge in [0.2, 0.25) is 0 Å². The summed E-state index contributed by atoms with van der Waals surface area (Å²) in [4.78, 5) is 33.0. The van der Waals surface area contributed by atoms with Crippen molar-refractivity contribution in [2.75, 3.05) is 13.2 Å². The maximum Gasteiger partial charge on any atom is 0.336 e. The molecular weight excluding hydrogens is 430 g/mol. The number of para-hydroxylation sites is 2. The number of hydrogen-bond acceptors (Lipinski definition) is 6. The number of aromatic nitrogens is 2. The first-order chi connectivity index (χ1) is 16.5. The zero-order chi connectivity index (χ0) is 24.2. The average Bonchev–Trinajstić information content (AvgIpc) is 3.25. The average molecular weight is 460 g/mol. The summed E-state index contributed by atoms with van der Waals surface area (Å²) < 4.78 is 12.9. The van der Waals surface area contributed by atoms with Crippen molar-refractivity contribution in [3.63, 3.8) is 0 Å². The van der Waals surface area contributed by atoms with E-state index in [-0.39, 0.29) is 13.2 Å². The van der Waals surface area contributed by atoms with Gasteiger partial charge in [0.25, 0.3) is 0 Å². The SMILES string of the molecule is CCOC(=O)C1=C(C)N(Cn2cnc3ccccc32)C(C)=C(C(=O)OCC)C1c1ccccc1. The number of ether oxygens (including phenoxy) is 2. The lowest BCUT2D eigenvalue weighted by molar-refractivity contribution is -0.139. The molecule has 0 amide bonds. The summed E-state index contributed by atoms with van der Waals surface area (Å²) >= 11 is 0. The van der Waals surface area contributed by atoms with E-state index in [0.29, 0.717) is 17.8 Å². The van der Waals surface area contributed by atoms with Gasteiger partial charge in [0, 0.05) is 11.4 Å². The van der Waals surface area contributed by atoms with Crippen LogP contribution in [0, 0.1) is 0 Å². The molecule has 4 rings (SSSR count). The fraction of sp³-hybridized carbons (Fsp3) is 0.296. The van der Waals surface area contributed by atoms with Crippen LogP contribution >= 0.6 is 0 Å². The first-order valence-corrected chi connectivity index (χ1v) is 11.5. The molecule has 0 unspecified atom stereocenters. The second-order valence-electron chi connectivity index (χ2n) is 8.06. The Hall–Kier alpha value is -3.87. The molecule has 1 aliphatic heterocycles. The number of benzene rings is 2. The lowest BCUT2D eigenvalue weighted by Crippen LogP contribution is -2.36. The van der Waals surface area contributed by atoms with Crippen LogP contribution in [0.1, 0.15) is 39.2 Å². The highest BCUT2D eigenvalue weighted by molar-refractivity contribution is 5.99. The third-order valence-corrected chi connectivity index (χ3v) is 6.11. The molecule has 0 atom stereocenters. The van der Waals surface area contributed by atoms with Gasteiger partial charge in [-0.05, 0) is 45.4 Å². The highest BCUT2D eigenvalue weighted by atomic mass is 16.5. The number of nitrogens with zero attached hydrogens (tertiary/aromatic N) is 3. The van der Waals surface area contributed by atoms with E-state index in [0.717, 1.165) is 28.0 Å². The van der Waals surface area contributed by atoms with Crippen LogP contribution < -0.4 is 0 Å². The predicted molar refractivity (Wildman–Crippen MR) is 129 cm³/mol. The van der Waals surface area contributed by atoms with Gasteiger partial charge in [-0.1, -0.05) is 42.5 Å². The van der Waals surface area contributed by atoms with Gasteiger partial charge in [0.05, 0.1) is 47.6 Å². The molecular formula is C27H29N3O4. The molecule has 0 fully saturated rings. The summed E-state index contributed by atoms with van der Waals surface area (Å²) in [6, 6.07) is 17.4. The smallest absolute Gasteiger partial charge is 0.336 e. The van der Waals surface area contributed by atoms with Crippen LogP contribution in [-0.2, 0) is 25.7 Å². The molecule has 0 radical (unpaired) electrons. The Morgan fingerprint density at radius 2 is 1.41 bits per heavy atom. The Morgan fingerprint density at radius 3 is 2.00 bits per heavy atom. The number of hydrogen-bond donors (Lipinski definition) is 0. The normalized spacial score (nSPS) is 14.6. The van der Waals surface area contributed by atoms with Crippen LogP contribution in [0.15, 0.2) is 83.5 Å². The minimum atomic E-state index is -0.588. The lowest BCUT2D eigenvalue weighted by atomic mass is 9.80. The number of esters is 2. The highest BCUT2D eigenvalue weighted by Gasteiger charge is 2.40. The van der Waals surface area contributed by atoms with E-state index in [2.05, 4.69) is 4.98 Å². The van der Waals surface area contributed by atoms with Crippen molar-refractivity contribution in [3.05, 3.63) is 89.0 Å². The van der Waals surface area contributed by atoms with Crippen molar-refractivity contribution in [2.45, 2.75) is 40.3 Å². The molecule has 1 aliphatic rings. The molecule has 0 aliphatic carbocycles. The first-order valence-electron chi connectivity index (χ1n) is 11.5. The Bertz CT molecular complexity index is 1230. The monoisotopic (exact) mass is 459 g/mol. The highest BCUT2D eigenvalue weighted by Crippen LogP contribution is 2.43. The van der Waals surface area contributed by atoms with Crippen molar-refractivity contribution in [1.82, 2.24) is 14.5 Å². The Morgan fingerprint density at radius 1 is 0.853 bits per heavy atom. The predicted octanol–water partition coefficient (Wildman–Crippen LogP) is 4.77. The largest absolute Gasteiger partial charge is 0.463 e. The molecule has 0 saturated carbocycles. The minimum absolute atomic E-state index is 0.237. The number of carbonyl (C=O) groups excluding carboxylic acids is 2. The van der Waals surface area contributed by atoms with Gasteiger partial charge in [-0.3, -0.25) is 0 Å². The Kier molecular flexibility index (Phi) is 6.82. The molecule has 0 bridgehead atoms. The third kappa shape index (κ3) is 4.21. The zero-order valence-electron chi connectivity index (χ0n) is 19.9. The van der Waals surface area contributed by atoms with Gasteiger partial charge in [0.1, 0.15) is 6.67 Å². The third-order valence-electron chi connectivity index (χ3n) is 6.11. The van der Waals surface area contributed by atoms with E-state index in [1.54, 1.807) is 20.2 Å². The van der Waals surface area contributed by atoms with Gasteiger partial charge in [0.15, 0.2) is 0 Å². The van der Waals surface area contributed by atoms with Gasteiger partial charge in [-0.15, -0.1) is 0 Å². The molecule has 0 N–H and O–H groups in total. The summed E-state index contributed by atoms with van der Waals surface area (Å²) in [6.07, 6.45) is 1.77. The molecule has 176 valence electrons. The summed E-state index contributed by atoms with van der Waals surface area (Å²) in [7, 11) is 0. The fourth-order valence-corrected chi connectivity index (χ4v) is 4.52. The molecule has 0 saturated heterocycles. The topological polar surface area (TPSA) is 73.7 Å². The van der Waals surface area contributed by atoms with Gasteiger partial charge < -0.3 is 18.9 Å². The molecule has 0 spiro atoms. The van der Waals surface area contributed by atoms with Crippen molar-refractivity contribution in [1.29, 1.82) is 0 Å². The van der Waals surface area contributed by atoms with Gasteiger partial charge in [-0.25, -0.2) is 14.6 Å². The van der Waals surface area contributed by atoms with E-state index >= 15 is 0 Å². The lowest BCUT2D eigenvalue weighted by Gasteiger charge is -2.38. The summed E-state index contributed by atoms with van der Waals surface area (Å²) in [5.41, 5.74) is 5.01. The van der Waals surface area contributed by atoms with Crippen LogP contribution in [0.25, 0.3) is 11.0 Å². The van der Waals surface area contributed by atoms with Crippen LogP contribution in [0.4, 0.5) is 0 Å². The summed E-state index contributed by atoms with van der Waals surface area (Å²) in [5.74, 6) is -1.47. The Balaban J connectivity index is 1.90. The summed E-state index contributed by atoms with van der Waals surface area (Å²) in [6.45, 7) is 8.19. The van der Waals surface area contributed by atoms with Crippen LogP contribution in [0.3, 0.4) is 0 Å². The quantitative estimate of drug-likeness (QED) is 0.474. The number of allylic oxidation sites excluding steroid dienone is 2. The van der Waals surface area contributed by atoms with E-state index in [4.69, 9.17) is 9.47 Å². The molecule has 2 heterocycles. The number of rotatable bonds is 7. The van der Waals surface area contributed by atoms with Crippen LogP contribution in [-0.4, -0.2) is 39.6 Å². The maximum atomic E-state index is 13.3.